The number of aromatic amines is 1. The third-order valence-electron chi connectivity index (χ3n) is 1.88. The van der Waals surface area contributed by atoms with Crippen molar-refractivity contribution in [1.82, 2.24) is 10.2 Å². The highest BCUT2D eigenvalue weighted by Crippen LogP contribution is 2.37. The molecule has 2 N–H and O–H groups in total. The molecule has 80 valence electrons. The van der Waals surface area contributed by atoms with Crippen molar-refractivity contribution < 1.29 is 0 Å². The molecule has 0 saturated heterocycles. The predicted octanol–water partition coefficient (Wildman–Crippen LogP) is 3.88. The Hall–Kier alpha value is -0.710. The SMILES string of the molecule is CCNc1cc(-c2cc(Cl)sc2Cl)[nH]n1. The Balaban J connectivity index is 2.32. The number of hydrogen-bond acceptors (Lipinski definition) is 3. The fourth-order valence-corrected chi connectivity index (χ4v) is 2.75. The van der Waals surface area contributed by atoms with E-state index in [0.29, 0.717) is 8.67 Å². The van der Waals surface area contributed by atoms with Crippen molar-refractivity contribution in [2.24, 2.45) is 0 Å². The normalized spacial score (nSPS) is 10.6. The number of nitrogens with zero attached hydrogens (tertiary/aromatic N) is 1. The molecule has 0 aromatic carbocycles. The summed E-state index contributed by atoms with van der Waals surface area (Å²) in [6.45, 7) is 2.85. The zero-order valence-corrected chi connectivity index (χ0v) is 10.3. The van der Waals surface area contributed by atoms with E-state index >= 15 is 0 Å². The Kier molecular flexibility index (Phi) is 3.19. The van der Waals surface area contributed by atoms with Crippen LogP contribution >= 0.6 is 34.5 Å². The quantitative estimate of drug-likeness (QED) is 0.881. The molecule has 0 bridgehead atoms. The molecule has 0 fully saturated rings. The van der Waals surface area contributed by atoms with Gasteiger partial charge in [0.15, 0.2) is 0 Å². The molecule has 0 unspecified atom stereocenters. The molecule has 15 heavy (non-hydrogen) atoms. The molecule has 0 amide bonds. The van der Waals surface area contributed by atoms with Crippen molar-refractivity contribution in [2.75, 3.05) is 11.9 Å². The van der Waals surface area contributed by atoms with Gasteiger partial charge in [-0.3, -0.25) is 5.10 Å². The molecule has 2 aromatic rings. The average molecular weight is 262 g/mol. The van der Waals surface area contributed by atoms with E-state index in [1.54, 1.807) is 0 Å². The standard InChI is InChI=1S/C9H9Cl2N3S/c1-2-12-8-4-6(13-14-8)5-3-7(10)15-9(5)11/h3-4H,2H2,1H3,(H2,12,13,14). The summed E-state index contributed by atoms with van der Waals surface area (Å²) in [5.41, 5.74) is 1.77. The van der Waals surface area contributed by atoms with Gasteiger partial charge >= 0.3 is 0 Å². The Morgan fingerprint density at radius 3 is 2.87 bits per heavy atom. The fraction of sp³-hybridized carbons (Fsp3) is 0.222. The van der Waals surface area contributed by atoms with Gasteiger partial charge in [0.1, 0.15) is 10.2 Å². The third kappa shape index (κ3) is 2.27. The molecule has 2 rings (SSSR count). The second kappa shape index (κ2) is 4.43. The lowest BCUT2D eigenvalue weighted by Crippen LogP contribution is -1.95. The second-order valence-corrected chi connectivity index (χ2v) is 5.22. The number of rotatable bonds is 3. The van der Waals surface area contributed by atoms with Gasteiger partial charge in [-0.15, -0.1) is 11.3 Å². The molecule has 2 heterocycles. The molecule has 6 heteroatoms. The Morgan fingerprint density at radius 2 is 2.27 bits per heavy atom. The topological polar surface area (TPSA) is 40.7 Å². The predicted molar refractivity (Wildman–Crippen MR) is 66.1 cm³/mol. The van der Waals surface area contributed by atoms with E-state index in [9.17, 15) is 0 Å². The zero-order valence-electron chi connectivity index (χ0n) is 7.97. The maximum atomic E-state index is 6.03. The smallest absolute Gasteiger partial charge is 0.148 e. The van der Waals surface area contributed by atoms with Crippen LogP contribution in [-0.4, -0.2) is 16.7 Å². The first-order valence-corrected chi connectivity index (χ1v) is 6.02. The minimum Gasteiger partial charge on any atom is -0.369 e. The first-order chi connectivity index (χ1) is 7.20. The van der Waals surface area contributed by atoms with Crippen molar-refractivity contribution in [2.45, 2.75) is 6.92 Å². The van der Waals surface area contributed by atoms with Crippen LogP contribution in [-0.2, 0) is 0 Å². The maximum Gasteiger partial charge on any atom is 0.148 e. The highest BCUT2D eigenvalue weighted by Gasteiger charge is 2.10. The molecule has 0 aliphatic rings. The van der Waals surface area contributed by atoms with Crippen LogP contribution in [0.1, 0.15) is 6.92 Å². The summed E-state index contributed by atoms with van der Waals surface area (Å²) in [5.74, 6) is 0.811. The summed E-state index contributed by atoms with van der Waals surface area (Å²) < 4.78 is 1.35. The van der Waals surface area contributed by atoms with Crippen LogP contribution in [0.2, 0.25) is 8.67 Å². The summed E-state index contributed by atoms with van der Waals surface area (Å²) in [6, 6.07) is 3.74. The lowest BCUT2D eigenvalue weighted by atomic mass is 10.2. The molecule has 0 aliphatic carbocycles. The summed E-state index contributed by atoms with van der Waals surface area (Å²) in [5, 5.41) is 10.1. The van der Waals surface area contributed by atoms with Crippen LogP contribution in [0.15, 0.2) is 12.1 Å². The van der Waals surface area contributed by atoms with Crippen molar-refractivity contribution >= 4 is 40.4 Å². The Bertz CT molecular complexity index is 464. The summed E-state index contributed by atoms with van der Waals surface area (Å²) in [6.07, 6.45) is 0. The van der Waals surface area contributed by atoms with E-state index in [-0.39, 0.29) is 0 Å². The fourth-order valence-electron chi connectivity index (χ4n) is 1.26. The average Bonchev–Trinajstić information content (AvgIpc) is 2.73. The highest BCUT2D eigenvalue weighted by molar-refractivity contribution is 7.20. The van der Waals surface area contributed by atoms with Gasteiger partial charge in [-0.05, 0) is 13.0 Å². The van der Waals surface area contributed by atoms with Gasteiger partial charge in [0.25, 0.3) is 0 Å². The van der Waals surface area contributed by atoms with Gasteiger partial charge in [-0.2, -0.15) is 5.10 Å². The molecular weight excluding hydrogens is 253 g/mol. The van der Waals surface area contributed by atoms with E-state index in [1.807, 2.05) is 19.1 Å². The lowest BCUT2D eigenvalue weighted by Gasteiger charge is -1.93. The number of H-pyrrole nitrogens is 1. The molecule has 0 aliphatic heterocycles. The van der Waals surface area contributed by atoms with Crippen LogP contribution in [0.3, 0.4) is 0 Å². The van der Waals surface area contributed by atoms with E-state index in [2.05, 4.69) is 15.5 Å². The van der Waals surface area contributed by atoms with Crippen molar-refractivity contribution in [3.63, 3.8) is 0 Å². The molecule has 3 nitrogen and oxygen atoms in total. The number of nitrogens with one attached hydrogen (secondary N) is 2. The van der Waals surface area contributed by atoms with Crippen LogP contribution in [0.4, 0.5) is 5.82 Å². The molecule has 0 spiro atoms. The first-order valence-electron chi connectivity index (χ1n) is 4.45. The van der Waals surface area contributed by atoms with Crippen molar-refractivity contribution in [3.8, 4) is 11.3 Å². The number of aromatic nitrogens is 2. The summed E-state index contributed by atoms with van der Waals surface area (Å²) in [7, 11) is 0. The summed E-state index contributed by atoms with van der Waals surface area (Å²) >= 11 is 13.2. The highest BCUT2D eigenvalue weighted by atomic mass is 35.5. The molecule has 0 radical (unpaired) electrons. The van der Waals surface area contributed by atoms with Gasteiger partial charge in [0.2, 0.25) is 0 Å². The van der Waals surface area contributed by atoms with Crippen LogP contribution < -0.4 is 5.32 Å². The summed E-state index contributed by atoms with van der Waals surface area (Å²) in [4.78, 5) is 0. The number of halogens is 2. The van der Waals surface area contributed by atoms with Crippen LogP contribution in [0.5, 0.6) is 0 Å². The van der Waals surface area contributed by atoms with E-state index in [1.165, 1.54) is 11.3 Å². The van der Waals surface area contributed by atoms with E-state index in [4.69, 9.17) is 23.2 Å². The maximum absolute atomic E-state index is 6.03. The lowest BCUT2D eigenvalue weighted by molar-refractivity contribution is 1.07. The number of hydrogen-bond donors (Lipinski definition) is 2. The Labute approximate surface area is 101 Å². The van der Waals surface area contributed by atoms with Crippen LogP contribution in [0.25, 0.3) is 11.3 Å². The monoisotopic (exact) mass is 261 g/mol. The van der Waals surface area contributed by atoms with Gasteiger partial charge in [0, 0.05) is 18.2 Å². The van der Waals surface area contributed by atoms with Gasteiger partial charge in [-0.1, -0.05) is 23.2 Å². The van der Waals surface area contributed by atoms with Crippen molar-refractivity contribution in [3.05, 3.63) is 20.8 Å². The molecule has 2 aromatic heterocycles. The zero-order chi connectivity index (χ0) is 10.8. The first kappa shape index (κ1) is 10.8. The Morgan fingerprint density at radius 1 is 1.47 bits per heavy atom. The third-order valence-corrected chi connectivity index (χ3v) is 3.37. The molecule has 0 atom stereocenters. The minimum atomic E-state index is 0.673. The largest absolute Gasteiger partial charge is 0.369 e. The van der Waals surface area contributed by atoms with Gasteiger partial charge < -0.3 is 5.32 Å². The number of thiophene rings is 1. The molecular formula is C9H9Cl2N3S. The number of anilines is 1. The van der Waals surface area contributed by atoms with Crippen molar-refractivity contribution in [1.29, 1.82) is 0 Å². The molecule has 0 saturated carbocycles. The van der Waals surface area contributed by atoms with E-state index in [0.717, 1.165) is 23.6 Å². The second-order valence-electron chi connectivity index (χ2n) is 2.94. The van der Waals surface area contributed by atoms with Gasteiger partial charge in [0.05, 0.1) is 10.0 Å². The minimum absolute atomic E-state index is 0.673. The van der Waals surface area contributed by atoms with Gasteiger partial charge in [-0.25, -0.2) is 0 Å². The van der Waals surface area contributed by atoms with E-state index < -0.39 is 0 Å². The van der Waals surface area contributed by atoms with Crippen LogP contribution in [0, 0.1) is 0 Å².